The first-order valence-electron chi connectivity index (χ1n) is 11.8. The van der Waals surface area contributed by atoms with E-state index in [0.29, 0.717) is 24.4 Å². The second-order valence-corrected chi connectivity index (χ2v) is 12.6. The molecular formula is C24H23ClF3N5O4S. The number of anilines is 1. The number of aromatic nitrogens is 4. The van der Waals surface area contributed by atoms with Gasteiger partial charge in [-0.05, 0) is 65.6 Å². The van der Waals surface area contributed by atoms with E-state index in [4.69, 9.17) is 11.6 Å². The van der Waals surface area contributed by atoms with Crippen LogP contribution in [0.2, 0.25) is 5.02 Å². The van der Waals surface area contributed by atoms with Gasteiger partial charge in [0.15, 0.2) is 33.1 Å². The Morgan fingerprint density at radius 3 is 2.53 bits per heavy atom. The number of aliphatic hydroxyl groups is 1. The number of H-pyrrole nitrogens is 1. The molecule has 2 aliphatic carbocycles. The molecule has 202 valence electrons. The van der Waals surface area contributed by atoms with E-state index < -0.39 is 44.0 Å². The number of fused-ring (bicyclic) bond motifs is 2. The summed E-state index contributed by atoms with van der Waals surface area (Å²) in [6, 6.07) is 4.85. The molecule has 0 saturated heterocycles. The number of benzene rings is 2. The van der Waals surface area contributed by atoms with E-state index in [1.54, 1.807) is 0 Å². The van der Waals surface area contributed by atoms with Crippen LogP contribution < -0.4 is 5.32 Å². The van der Waals surface area contributed by atoms with Gasteiger partial charge in [0.2, 0.25) is 0 Å². The Bertz CT molecular complexity index is 1480. The van der Waals surface area contributed by atoms with Crippen LogP contribution in [0.3, 0.4) is 0 Å². The van der Waals surface area contributed by atoms with Crippen molar-refractivity contribution in [3.05, 3.63) is 64.2 Å². The number of carbonyl (C=O) groups is 1. The van der Waals surface area contributed by atoms with Crippen LogP contribution in [-0.2, 0) is 16.3 Å². The molecule has 3 aromatic rings. The van der Waals surface area contributed by atoms with E-state index in [1.165, 1.54) is 12.1 Å². The normalized spacial score (nSPS) is 26.9. The zero-order valence-electron chi connectivity index (χ0n) is 20.0. The number of carbonyl (C=O) groups excluding carboxylic acids is 1. The molecule has 1 aromatic heterocycles. The van der Waals surface area contributed by atoms with Gasteiger partial charge in [-0.1, -0.05) is 18.5 Å². The van der Waals surface area contributed by atoms with Crippen LogP contribution in [0, 0.1) is 35.2 Å². The van der Waals surface area contributed by atoms with Gasteiger partial charge in [-0.25, -0.2) is 26.7 Å². The Morgan fingerprint density at radius 2 is 1.89 bits per heavy atom. The molecule has 0 spiro atoms. The first-order valence-corrected chi connectivity index (χ1v) is 13.8. The molecule has 5 atom stereocenters. The average Bonchev–Trinajstić information content (AvgIpc) is 3.37. The lowest BCUT2D eigenvalue weighted by Gasteiger charge is -2.42. The van der Waals surface area contributed by atoms with Crippen molar-refractivity contribution >= 4 is 33.0 Å². The standard InChI is InChI=1S/C24H23ClF3N5O4S/c1-11-4-13-6-15(9-16(11)24(13,35)10-21-30-32-33-31-21)38(36,37)20-5-12(2-3-17(20)25)23(34)29-14-7-18(26)22(28)19(27)8-14/h2-3,5,7-8,11,13,15-16,35H,4,6,9-10H2,1H3,(H,29,34)(H,30,31,32,33)/t11-,13?,15+,16+,24+/m0/s1. The minimum atomic E-state index is -4.04. The maximum atomic E-state index is 13.7. The smallest absolute Gasteiger partial charge is 0.255 e. The van der Waals surface area contributed by atoms with E-state index in [2.05, 4.69) is 25.9 Å². The molecule has 5 rings (SSSR count). The lowest BCUT2D eigenvalue weighted by atomic mass is 9.71. The molecule has 2 saturated carbocycles. The van der Waals surface area contributed by atoms with Crippen molar-refractivity contribution in [1.29, 1.82) is 0 Å². The molecule has 9 nitrogen and oxygen atoms in total. The van der Waals surface area contributed by atoms with Crippen LogP contribution >= 0.6 is 11.6 Å². The quantitative estimate of drug-likeness (QED) is 0.385. The number of tetrazole rings is 1. The zero-order chi connectivity index (χ0) is 27.4. The Morgan fingerprint density at radius 1 is 1.18 bits per heavy atom. The van der Waals surface area contributed by atoms with Crippen LogP contribution in [-0.4, -0.2) is 50.9 Å². The van der Waals surface area contributed by atoms with Crippen molar-refractivity contribution in [2.24, 2.45) is 17.8 Å². The van der Waals surface area contributed by atoms with E-state index in [-0.39, 0.29) is 58.2 Å². The molecule has 38 heavy (non-hydrogen) atoms. The minimum Gasteiger partial charge on any atom is -0.389 e. The maximum Gasteiger partial charge on any atom is 0.255 e. The van der Waals surface area contributed by atoms with Gasteiger partial charge in [0.1, 0.15) is 0 Å². The van der Waals surface area contributed by atoms with Crippen molar-refractivity contribution in [3.8, 4) is 0 Å². The van der Waals surface area contributed by atoms with Gasteiger partial charge in [0.25, 0.3) is 5.91 Å². The summed E-state index contributed by atoms with van der Waals surface area (Å²) in [4.78, 5) is 12.5. The summed E-state index contributed by atoms with van der Waals surface area (Å²) in [5.74, 6) is -5.69. The Kier molecular flexibility index (Phi) is 6.72. The Balaban J connectivity index is 1.40. The number of halogens is 4. The highest BCUT2D eigenvalue weighted by atomic mass is 35.5. The van der Waals surface area contributed by atoms with Crippen molar-refractivity contribution in [2.75, 3.05) is 5.32 Å². The molecule has 0 radical (unpaired) electrons. The van der Waals surface area contributed by atoms with Gasteiger partial charge >= 0.3 is 0 Å². The van der Waals surface area contributed by atoms with Gasteiger partial charge in [-0.2, -0.15) is 0 Å². The Labute approximate surface area is 220 Å². The lowest BCUT2D eigenvalue weighted by Crippen LogP contribution is -2.50. The largest absolute Gasteiger partial charge is 0.389 e. The fraction of sp³-hybridized carbons (Fsp3) is 0.417. The summed E-state index contributed by atoms with van der Waals surface area (Å²) < 4.78 is 67.8. The highest BCUT2D eigenvalue weighted by Crippen LogP contribution is 2.55. The van der Waals surface area contributed by atoms with Crippen molar-refractivity contribution in [1.82, 2.24) is 20.6 Å². The fourth-order valence-corrected chi connectivity index (χ4v) is 8.35. The predicted molar refractivity (Wildman–Crippen MR) is 130 cm³/mol. The Hall–Kier alpha value is -3.03. The third-order valence-electron chi connectivity index (χ3n) is 7.78. The molecular weight excluding hydrogens is 547 g/mol. The fourth-order valence-electron chi connectivity index (χ4n) is 5.97. The minimum absolute atomic E-state index is 0.0603. The molecule has 2 aromatic carbocycles. The third kappa shape index (κ3) is 4.56. The number of hydrogen-bond acceptors (Lipinski definition) is 7. The van der Waals surface area contributed by atoms with E-state index in [9.17, 15) is 31.5 Å². The predicted octanol–water partition coefficient (Wildman–Crippen LogP) is 3.70. The molecule has 1 heterocycles. The summed E-state index contributed by atoms with van der Waals surface area (Å²) in [5.41, 5.74) is -1.64. The number of rotatable bonds is 6. The summed E-state index contributed by atoms with van der Waals surface area (Å²) in [6.07, 6.45) is 1.17. The third-order valence-corrected chi connectivity index (χ3v) is 10.4. The topological polar surface area (TPSA) is 138 Å². The maximum absolute atomic E-state index is 13.7. The van der Waals surface area contributed by atoms with Crippen molar-refractivity contribution in [3.63, 3.8) is 0 Å². The SMILES string of the molecule is C[C@H]1CC2C[C@@H](S(=O)(=O)c3cc(C(=O)Nc4cc(F)c(F)c(F)c4)ccc3Cl)C[C@H]1[C@@]2(O)Cc1nnn[nH]1. The summed E-state index contributed by atoms with van der Waals surface area (Å²) in [6.45, 7) is 1.97. The van der Waals surface area contributed by atoms with Crippen LogP contribution in [0.4, 0.5) is 18.9 Å². The van der Waals surface area contributed by atoms with Crippen LogP contribution in [0.25, 0.3) is 0 Å². The highest BCUT2D eigenvalue weighted by Gasteiger charge is 2.58. The molecule has 3 N–H and O–H groups in total. The average molecular weight is 570 g/mol. The molecule has 1 amide bonds. The van der Waals surface area contributed by atoms with E-state index in [0.717, 1.165) is 6.07 Å². The summed E-state index contributed by atoms with van der Waals surface area (Å²) in [7, 11) is -4.04. The number of hydrogen-bond donors (Lipinski definition) is 3. The second-order valence-electron chi connectivity index (χ2n) is 10.0. The number of amides is 1. The van der Waals surface area contributed by atoms with Crippen LogP contribution in [0.5, 0.6) is 0 Å². The van der Waals surface area contributed by atoms with Crippen LogP contribution in [0.1, 0.15) is 42.4 Å². The van der Waals surface area contributed by atoms with Gasteiger partial charge in [0, 0.05) is 29.8 Å². The first-order chi connectivity index (χ1) is 17.9. The molecule has 1 unspecified atom stereocenters. The molecule has 2 fully saturated rings. The molecule has 0 aliphatic heterocycles. The van der Waals surface area contributed by atoms with E-state index in [1.807, 2.05) is 6.92 Å². The number of aromatic amines is 1. The second kappa shape index (κ2) is 9.62. The number of nitrogens with one attached hydrogen (secondary N) is 2. The highest BCUT2D eigenvalue weighted by molar-refractivity contribution is 7.92. The summed E-state index contributed by atoms with van der Waals surface area (Å²) in [5, 5.41) is 26.5. The summed E-state index contributed by atoms with van der Waals surface area (Å²) >= 11 is 6.26. The van der Waals surface area contributed by atoms with Crippen LogP contribution in [0.15, 0.2) is 35.2 Å². The molecule has 14 heteroatoms. The lowest BCUT2D eigenvalue weighted by molar-refractivity contribution is -0.0641. The number of nitrogens with zero attached hydrogens (tertiary/aromatic N) is 3. The van der Waals surface area contributed by atoms with Gasteiger partial charge in [0.05, 0.1) is 20.8 Å². The molecule has 2 aliphatic rings. The zero-order valence-corrected chi connectivity index (χ0v) is 21.5. The first kappa shape index (κ1) is 26.6. The monoisotopic (exact) mass is 569 g/mol. The van der Waals surface area contributed by atoms with Crippen molar-refractivity contribution in [2.45, 2.75) is 48.4 Å². The van der Waals surface area contributed by atoms with Gasteiger partial charge in [-0.15, -0.1) is 5.10 Å². The van der Waals surface area contributed by atoms with Crippen molar-refractivity contribution < 1.29 is 31.5 Å². The van der Waals surface area contributed by atoms with Gasteiger partial charge in [-0.3, -0.25) is 4.79 Å². The van der Waals surface area contributed by atoms with Gasteiger partial charge < -0.3 is 10.4 Å². The number of sulfone groups is 1. The van der Waals surface area contributed by atoms with E-state index >= 15 is 0 Å². The molecule has 2 bridgehead atoms.